The summed E-state index contributed by atoms with van der Waals surface area (Å²) < 4.78 is 16.2. The summed E-state index contributed by atoms with van der Waals surface area (Å²) in [6.45, 7) is 10.6. The number of ether oxygens (including phenoxy) is 3. The van der Waals surface area contributed by atoms with E-state index in [4.69, 9.17) is 14.2 Å². The molecule has 3 rings (SSSR count). The SMILES string of the molecule is C=CCOC(=O)C1=C(C)N=C2S[C@H](C)C(=O)N2[C@@H]1c1ccc(OC(C)=O)c(OCC)c1. The first kappa shape index (κ1) is 22.6. The third kappa shape index (κ3) is 4.51. The number of hydrogen-bond acceptors (Lipinski definition) is 8. The minimum atomic E-state index is -0.750. The molecule has 9 heteroatoms. The second-order valence-corrected chi connectivity index (χ2v) is 8.19. The Labute approximate surface area is 184 Å². The van der Waals surface area contributed by atoms with Crippen molar-refractivity contribution in [3.63, 3.8) is 0 Å². The van der Waals surface area contributed by atoms with E-state index in [0.717, 1.165) is 0 Å². The van der Waals surface area contributed by atoms with Gasteiger partial charge in [0, 0.05) is 6.92 Å². The second-order valence-electron chi connectivity index (χ2n) is 6.88. The van der Waals surface area contributed by atoms with Gasteiger partial charge in [0.15, 0.2) is 16.7 Å². The molecule has 164 valence electrons. The van der Waals surface area contributed by atoms with E-state index in [0.29, 0.717) is 28.8 Å². The molecule has 0 aliphatic carbocycles. The number of thioether (sulfide) groups is 1. The Hall–Kier alpha value is -3.07. The molecule has 2 aliphatic heterocycles. The second kappa shape index (κ2) is 9.38. The Balaban J connectivity index is 2.13. The summed E-state index contributed by atoms with van der Waals surface area (Å²) in [5.41, 5.74) is 1.35. The maximum atomic E-state index is 13.0. The molecule has 0 spiro atoms. The van der Waals surface area contributed by atoms with Gasteiger partial charge in [-0.2, -0.15) is 0 Å². The lowest BCUT2D eigenvalue weighted by Crippen LogP contribution is -2.40. The minimum absolute atomic E-state index is 0.0353. The average Bonchev–Trinajstić information content (AvgIpc) is 2.99. The van der Waals surface area contributed by atoms with Crippen LogP contribution in [0.5, 0.6) is 11.5 Å². The van der Waals surface area contributed by atoms with Gasteiger partial charge < -0.3 is 14.2 Å². The number of esters is 2. The number of amidine groups is 1. The van der Waals surface area contributed by atoms with E-state index in [9.17, 15) is 14.4 Å². The van der Waals surface area contributed by atoms with Crippen molar-refractivity contribution < 1.29 is 28.6 Å². The van der Waals surface area contributed by atoms with Gasteiger partial charge in [0.2, 0.25) is 5.91 Å². The number of carbonyl (C=O) groups is 3. The number of nitrogens with zero attached hydrogens (tertiary/aromatic N) is 2. The smallest absolute Gasteiger partial charge is 0.338 e. The standard InChI is InChI=1S/C22H24N2O6S/c1-6-10-29-21(27)18-12(3)23-22-24(20(26)13(4)31-22)19(18)15-8-9-16(30-14(5)25)17(11-15)28-7-2/h6,8-9,11,13,19H,1,7,10H2,2-5H3/t13-,19-/m1/s1. The van der Waals surface area contributed by atoms with Crippen molar-refractivity contribution in [3.05, 3.63) is 47.7 Å². The van der Waals surface area contributed by atoms with Gasteiger partial charge in [0.05, 0.1) is 29.2 Å². The van der Waals surface area contributed by atoms with Crippen molar-refractivity contribution in [2.75, 3.05) is 13.2 Å². The van der Waals surface area contributed by atoms with Crippen molar-refractivity contribution in [1.82, 2.24) is 4.90 Å². The van der Waals surface area contributed by atoms with Crippen LogP contribution in [-0.2, 0) is 19.1 Å². The van der Waals surface area contributed by atoms with Gasteiger partial charge in [-0.25, -0.2) is 9.79 Å². The molecular weight excluding hydrogens is 420 g/mol. The van der Waals surface area contributed by atoms with Gasteiger partial charge in [0.1, 0.15) is 6.61 Å². The van der Waals surface area contributed by atoms with E-state index in [-0.39, 0.29) is 29.1 Å². The van der Waals surface area contributed by atoms with E-state index in [1.54, 1.807) is 39.0 Å². The highest BCUT2D eigenvalue weighted by atomic mass is 32.2. The fraction of sp³-hybridized carbons (Fsp3) is 0.364. The van der Waals surface area contributed by atoms with Crippen molar-refractivity contribution in [1.29, 1.82) is 0 Å². The molecule has 2 heterocycles. The molecule has 1 aromatic rings. The number of hydrogen-bond donors (Lipinski definition) is 0. The van der Waals surface area contributed by atoms with Crippen LogP contribution in [0.4, 0.5) is 0 Å². The van der Waals surface area contributed by atoms with Gasteiger partial charge in [-0.15, -0.1) is 0 Å². The van der Waals surface area contributed by atoms with Gasteiger partial charge >= 0.3 is 11.9 Å². The summed E-state index contributed by atoms with van der Waals surface area (Å²) in [6.07, 6.45) is 1.47. The molecule has 1 aromatic carbocycles. The Morgan fingerprint density at radius 2 is 2.06 bits per heavy atom. The number of aliphatic imine (C=N–C) groups is 1. The van der Waals surface area contributed by atoms with Crippen LogP contribution in [0.25, 0.3) is 0 Å². The summed E-state index contributed by atoms with van der Waals surface area (Å²) in [5, 5.41) is 0.201. The van der Waals surface area contributed by atoms with Crippen molar-refractivity contribution in [2.45, 2.75) is 39.0 Å². The van der Waals surface area contributed by atoms with Crippen LogP contribution in [0.15, 0.2) is 47.1 Å². The lowest BCUT2D eigenvalue weighted by molar-refractivity contribution is -0.139. The molecule has 2 aliphatic rings. The third-order valence-electron chi connectivity index (χ3n) is 4.65. The topological polar surface area (TPSA) is 94.5 Å². The third-order valence-corrected chi connectivity index (χ3v) is 5.70. The summed E-state index contributed by atoms with van der Waals surface area (Å²) in [4.78, 5) is 43.3. The molecule has 8 nitrogen and oxygen atoms in total. The van der Waals surface area contributed by atoms with Crippen LogP contribution in [0.1, 0.15) is 39.3 Å². The van der Waals surface area contributed by atoms with E-state index >= 15 is 0 Å². The molecule has 1 amide bonds. The molecule has 2 atom stereocenters. The lowest BCUT2D eigenvalue weighted by Gasteiger charge is -2.33. The number of rotatable bonds is 7. The van der Waals surface area contributed by atoms with Crippen LogP contribution in [0.3, 0.4) is 0 Å². The quantitative estimate of drug-likeness (QED) is 0.361. The molecular formula is C22H24N2O6S. The molecule has 0 bridgehead atoms. The van der Waals surface area contributed by atoms with Gasteiger partial charge in [-0.05, 0) is 38.5 Å². The number of fused-ring (bicyclic) bond motifs is 1. The zero-order valence-corrected chi connectivity index (χ0v) is 18.7. The molecule has 1 saturated heterocycles. The first-order valence-electron chi connectivity index (χ1n) is 9.80. The molecule has 0 radical (unpaired) electrons. The Bertz CT molecular complexity index is 1000. The molecule has 31 heavy (non-hydrogen) atoms. The maximum Gasteiger partial charge on any atom is 0.338 e. The largest absolute Gasteiger partial charge is 0.490 e. The Morgan fingerprint density at radius 3 is 2.71 bits per heavy atom. The fourth-order valence-corrected chi connectivity index (χ4v) is 4.42. The summed E-state index contributed by atoms with van der Waals surface area (Å²) in [6, 6.07) is 4.21. The van der Waals surface area contributed by atoms with Gasteiger partial charge in [0.25, 0.3) is 0 Å². The van der Waals surface area contributed by atoms with Crippen LogP contribution >= 0.6 is 11.8 Å². The Kier molecular flexibility index (Phi) is 6.84. The summed E-state index contributed by atoms with van der Waals surface area (Å²) in [7, 11) is 0. The number of carbonyl (C=O) groups excluding carboxylic acids is 3. The highest BCUT2D eigenvalue weighted by Gasteiger charge is 2.46. The number of amides is 1. The van der Waals surface area contributed by atoms with Crippen molar-refractivity contribution >= 4 is 34.8 Å². The normalized spacial score (nSPS) is 20.2. The lowest BCUT2D eigenvalue weighted by atomic mass is 9.94. The van der Waals surface area contributed by atoms with Crippen LogP contribution in [0.2, 0.25) is 0 Å². The van der Waals surface area contributed by atoms with Gasteiger partial charge in [-0.1, -0.05) is 30.5 Å². The number of allylic oxidation sites excluding steroid dienone is 1. The van der Waals surface area contributed by atoms with Crippen LogP contribution < -0.4 is 9.47 Å². The fourth-order valence-electron chi connectivity index (χ4n) is 3.39. The highest BCUT2D eigenvalue weighted by molar-refractivity contribution is 8.15. The minimum Gasteiger partial charge on any atom is -0.490 e. The maximum absolute atomic E-state index is 13.0. The first-order valence-corrected chi connectivity index (χ1v) is 10.7. The van der Waals surface area contributed by atoms with Crippen LogP contribution in [-0.4, -0.2) is 46.4 Å². The molecule has 0 saturated carbocycles. The molecule has 0 N–H and O–H groups in total. The summed E-state index contributed by atoms with van der Waals surface area (Å²) in [5.74, 6) is -0.620. The average molecular weight is 445 g/mol. The van der Waals surface area contributed by atoms with Crippen molar-refractivity contribution in [2.24, 2.45) is 4.99 Å². The zero-order valence-electron chi connectivity index (χ0n) is 17.8. The monoisotopic (exact) mass is 444 g/mol. The molecule has 1 fully saturated rings. The number of benzene rings is 1. The van der Waals surface area contributed by atoms with E-state index in [1.807, 2.05) is 0 Å². The predicted octanol–water partition coefficient (Wildman–Crippen LogP) is 3.39. The summed E-state index contributed by atoms with van der Waals surface area (Å²) >= 11 is 1.34. The zero-order chi connectivity index (χ0) is 22.7. The van der Waals surface area contributed by atoms with E-state index < -0.39 is 18.0 Å². The first-order chi connectivity index (χ1) is 14.8. The molecule has 0 unspecified atom stereocenters. The highest BCUT2D eigenvalue weighted by Crippen LogP contribution is 2.44. The van der Waals surface area contributed by atoms with E-state index in [1.165, 1.54) is 29.7 Å². The predicted molar refractivity (Wildman–Crippen MR) is 117 cm³/mol. The van der Waals surface area contributed by atoms with Crippen LogP contribution in [0, 0.1) is 0 Å². The van der Waals surface area contributed by atoms with E-state index in [2.05, 4.69) is 11.6 Å². The van der Waals surface area contributed by atoms with Crippen molar-refractivity contribution in [3.8, 4) is 11.5 Å². The molecule has 0 aromatic heterocycles. The van der Waals surface area contributed by atoms with Gasteiger partial charge in [-0.3, -0.25) is 14.5 Å². The Morgan fingerprint density at radius 1 is 1.32 bits per heavy atom.